The Balaban J connectivity index is 2.78. The molecule has 1 N–H and O–H groups in total. The van der Waals surface area contributed by atoms with E-state index in [1.54, 1.807) is 19.1 Å². The molecule has 0 unspecified atom stereocenters. The van der Waals surface area contributed by atoms with Gasteiger partial charge in [-0.15, -0.1) is 0 Å². The van der Waals surface area contributed by atoms with Crippen LogP contribution in [0, 0.1) is 6.92 Å². The van der Waals surface area contributed by atoms with Gasteiger partial charge in [-0.1, -0.05) is 0 Å². The van der Waals surface area contributed by atoms with E-state index in [2.05, 4.69) is 20.9 Å². The minimum absolute atomic E-state index is 0.0157. The molecule has 2 nitrogen and oxygen atoms in total. The monoisotopic (exact) mass is 307 g/mol. The molecule has 0 fully saturated rings. The second kappa shape index (κ2) is 3.94. The zero-order valence-electron chi connectivity index (χ0n) is 9.07. The van der Waals surface area contributed by atoms with E-state index in [1.807, 2.05) is 0 Å². The number of ether oxygens (including phenoxy) is 1. The summed E-state index contributed by atoms with van der Waals surface area (Å²) in [5.41, 5.74) is 0.393. The van der Waals surface area contributed by atoms with Gasteiger partial charge in [0.15, 0.2) is 0 Å². The SMILES string of the molecule is COc1cc(C)c2[nH]c(C(F)(F)F)c(Br)c2c1. The van der Waals surface area contributed by atoms with Crippen LogP contribution in [-0.2, 0) is 6.18 Å². The molecule has 2 rings (SSSR count). The van der Waals surface area contributed by atoms with Gasteiger partial charge in [0, 0.05) is 5.39 Å². The molecule has 1 aromatic heterocycles. The van der Waals surface area contributed by atoms with Gasteiger partial charge in [-0.3, -0.25) is 0 Å². The molecule has 92 valence electrons. The maximum atomic E-state index is 12.7. The Morgan fingerprint density at radius 3 is 2.47 bits per heavy atom. The summed E-state index contributed by atoms with van der Waals surface area (Å²) in [6.07, 6.45) is -4.41. The van der Waals surface area contributed by atoms with Crippen molar-refractivity contribution in [2.75, 3.05) is 7.11 Å². The number of rotatable bonds is 1. The first-order valence-electron chi connectivity index (χ1n) is 4.77. The van der Waals surface area contributed by atoms with Crippen molar-refractivity contribution in [3.8, 4) is 5.75 Å². The summed E-state index contributed by atoms with van der Waals surface area (Å²) in [7, 11) is 1.48. The molecule has 1 aromatic carbocycles. The summed E-state index contributed by atoms with van der Waals surface area (Å²) in [5, 5.41) is 0.467. The molecule has 0 aliphatic heterocycles. The molecule has 0 aliphatic rings. The smallest absolute Gasteiger partial charge is 0.432 e. The lowest BCUT2D eigenvalue weighted by molar-refractivity contribution is -0.141. The van der Waals surface area contributed by atoms with E-state index in [4.69, 9.17) is 4.74 Å². The van der Waals surface area contributed by atoms with Gasteiger partial charge in [-0.25, -0.2) is 0 Å². The van der Waals surface area contributed by atoms with Crippen molar-refractivity contribution in [3.63, 3.8) is 0 Å². The fourth-order valence-electron chi connectivity index (χ4n) is 1.72. The van der Waals surface area contributed by atoms with Crippen LogP contribution in [0.2, 0.25) is 0 Å². The highest BCUT2D eigenvalue weighted by Gasteiger charge is 2.36. The Labute approximate surface area is 104 Å². The number of hydrogen-bond acceptors (Lipinski definition) is 1. The quantitative estimate of drug-likeness (QED) is 0.836. The lowest BCUT2D eigenvalue weighted by atomic mass is 10.1. The molecular weight excluding hydrogens is 299 g/mol. The Morgan fingerprint density at radius 2 is 1.94 bits per heavy atom. The van der Waals surface area contributed by atoms with Crippen LogP contribution in [0.3, 0.4) is 0 Å². The Morgan fingerprint density at radius 1 is 1.29 bits per heavy atom. The molecule has 0 saturated heterocycles. The lowest BCUT2D eigenvalue weighted by Gasteiger charge is -2.03. The number of H-pyrrole nitrogens is 1. The first kappa shape index (κ1) is 12.3. The van der Waals surface area contributed by atoms with Crippen molar-refractivity contribution in [2.45, 2.75) is 13.1 Å². The molecule has 17 heavy (non-hydrogen) atoms. The Hall–Kier alpha value is -1.17. The number of methoxy groups -OCH3 is 1. The molecule has 0 amide bonds. The second-order valence-electron chi connectivity index (χ2n) is 3.68. The summed E-state index contributed by atoms with van der Waals surface area (Å²) in [5.74, 6) is 0.531. The normalized spacial score (nSPS) is 12.1. The van der Waals surface area contributed by atoms with Crippen LogP contribution in [0.5, 0.6) is 5.75 Å². The fraction of sp³-hybridized carbons (Fsp3) is 0.273. The van der Waals surface area contributed by atoms with Gasteiger partial charge in [0.25, 0.3) is 0 Å². The second-order valence-corrected chi connectivity index (χ2v) is 4.47. The molecule has 0 saturated carbocycles. The molecule has 1 heterocycles. The number of benzene rings is 1. The first-order chi connectivity index (χ1) is 7.84. The van der Waals surface area contributed by atoms with Gasteiger partial charge >= 0.3 is 6.18 Å². The van der Waals surface area contributed by atoms with Gasteiger partial charge in [-0.05, 0) is 40.5 Å². The van der Waals surface area contributed by atoms with Crippen molar-refractivity contribution >= 4 is 26.8 Å². The topological polar surface area (TPSA) is 25.0 Å². The van der Waals surface area contributed by atoms with E-state index in [9.17, 15) is 13.2 Å². The van der Waals surface area contributed by atoms with Gasteiger partial charge in [0.05, 0.1) is 17.1 Å². The van der Waals surface area contributed by atoms with Crippen molar-refractivity contribution in [3.05, 3.63) is 27.9 Å². The number of fused-ring (bicyclic) bond motifs is 1. The number of aromatic nitrogens is 1. The highest BCUT2D eigenvalue weighted by atomic mass is 79.9. The summed E-state index contributed by atoms with van der Waals surface area (Å²) in [4.78, 5) is 2.40. The van der Waals surface area contributed by atoms with Gasteiger partial charge in [0.1, 0.15) is 11.4 Å². The standard InChI is InChI=1S/C11H9BrF3NO/c1-5-3-6(17-2)4-7-8(12)10(11(13,14)15)16-9(5)7/h3-4,16H,1-2H3. The van der Waals surface area contributed by atoms with Crippen LogP contribution < -0.4 is 4.74 Å². The van der Waals surface area contributed by atoms with Crippen molar-refractivity contribution in [1.29, 1.82) is 0 Å². The molecule has 6 heteroatoms. The van der Waals surface area contributed by atoms with E-state index in [1.165, 1.54) is 7.11 Å². The summed E-state index contributed by atoms with van der Waals surface area (Å²) >= 11 is 2.98. The van der Waals surface area contributed by atoms with Crippen LogP contribution in [0.15, 0.2) is 16.6 Å². The Bertz CT molecular complexity index is 574. The van der Waals surface area contributed by atoms with Gasteiger partial charge < -0.3 is 9.72 Å². The van der Waals surface area contributed by atoms with Crippen molar-refractivity contribution in [2.24, 2.45) is 0 Å². The van der Waals surface area contributed by atoms with E-state index in [-0.39, 0.29) is 4.47 Å². The van der Waals surface area contributed by atoms with E-state index in [0.29, 0.717) is 22.2 Å². The summed E-state index contributed by atoms with van der Waals surface area (Å²) < 4.78 is 43.2. The lowest BCUT2D eigenvalue weighted by Crippen LogP contribution is -2.05. The van der Waals surface area contributed by atoms with E-state index >= 15 is 0 Å². The van der Waals surface area contributed by atoms with Crippen molar-refractivity contribution in [1.82, 2.24) is 4.98 Å². The molecule has 0 spiro atoms. The molecule has 0 radical (unpaired) electrons. The summed E-state index contributed by atoms with van der Waals surface area (Å²) in [6, 6.07) is 3.25. The van der Waals surface area contributed by atoms with Crippen LogP contribution in [0.25, 0.3) is 10.9 Å². The number of aromatic amines is 1. The third-order valence-corrected chi connectivity index (χ3v) is 3.36. The van der Waals surface area contributed by atoms with E-state index < -0.39 is 11.9 Å². The van der Waals surface area contributed by atoms with Crippen LogP contribution >= 0.6 is 15.9 Å². The largest absolute Gasteiger partial charge is 0.497 e. The highest BCUT2D eigenvalue weighted by Crippen LogP contribution is 2.40. The van der Waals surface area contributed by atoms with Gasteiger partial charge in [-0.2, -0.15) is 13.2 Å². The van der Waals surface area contributed by atoms with E-state index in [0.717, 1.165) is 0 Å². The maximum Gasteiger partial charge on any atom is 0.432 e. The molecular formula is C11H9BrF3NO. The zero-order chi connectivity index (χ0) is 12.8. The molecule has 0 atom stereocenters. The number of halogens is 4. The molecule has 0 aliphatic carbocycles. The fourth-order valence-corrected chi connectivity index (χ4v) is 2.36. The predicted octanol–water partition coefficient (Wildman–Crippen LogP) is 4.27. The number of aryl methyl sites for hydroxylation is 1. The van der Waals surface area contributed by atoms with Gasteiger partial charge in [0.2, 0.25) is 0 Å². The first-order valence-corrected chi connectivity index (χ1v) is 5.57. The third-order valence-electron chi connectivity index (χ3n) is 2.53. The number of alkyl halides is 3. The summed E-state index contributed by atoms with van der Waals surface area (Å²) in [6.45, 7) is 1.73. The molecule has 0 bridgehead atoms. The zero-order valence-corrected chi connectivity index (χ0v) is 10.7. The van der Waals surface area contributed by atoms with Crippen molar-refractivity contribution < 1.29 is 17.9 Å². The van der Waals surface area contributed by atoms with Crippen LogP contribution in [0.4, 0.5) is 13.2 Å². The average molecular weight is 308 g/mol. The highest BCUT2D eigenvalue weighted by molar-refractivity contribution is 9.10. The predicted molar refractivity (Wildman–Crippen MR) is 62.3 cm³/mol. The van der Waals surface area contributed by atoms with Crippen LogP contribution in [-0.4, -0.2) is 12.1 Å². The number of nitrogens with one attached hydrogen (secondary N) is 1. The molecule has 2 aromatic rings. The average Bonchev–Trinajstić information content (AvgIpc) is 2.56. The van der Waals surface area contributed by atoms with Crippen LogP contribution in [0.1, 0.15) is 11.3 Å². The minimum Gasteiger partial charge on any atom is -0.497 e. The Kier molecular flexibility index (Phi) is 2.85. The number of hydrogen-bond donors (Lipinski definition) is 1. The third kappa shape index (κ3) is 2.01. The maximum absolute atomic E-state index is 12.7. The minimum atomic E-state index is -4.41.